The predicted octanol–water partition coefficient (Wildman–Crippen LogP) is 4.67. The van der Waals surface area contributed by atoms with Gasteiger partial charge in [-0.3, -0.25) is 0 Å². The largest absolute Gasteiger partial charge is 0.396 e. The molecule has 3 rings (SSSR count). The fourth-order valence-corrected chi connectivity index (χ4v) is 3.27. The second kappa shape index (κ2) is 10.1. The fraction of sp³-hybridized carbons (Fsp3) is 0.280. The number of benzene rings is 3. The molecule has 0 fully saturated rings. The van der Waals surface area contributed by atoms with E-state index in [1.165, 1.54) is 27.8 Å². The van der Waals surface area contributed by atoms with E-state index in [0.717, 1.165) is 25.7 Å². The van der Waals surface area contributed by atoms with E-state index in [2.05, 4.69) is 72.8 Å². The van der Waals surface area contributed by atoms with Gasteiger partial charge < -0.3 is 10.2 Å². The van der Waals surface area contributed by atoms with Crippen LogP contribution in [0.5, 0.6) is 0 Å². The highest BCUT2D eigenvalue weighted by Gasteiger charge is 2.06. The van der Waals surface area contributed by atoms with Crippen LogP contribution in [-0.2, 0) is 19.3 Å². The molecule has 0 atom stereocenters. The molecule has 2 nitrogen and oxygen atoms in total. The molecule has 0 bridgehead atoms. The van der Waals surface area contributed by atoms with Crippen molar-refractivity contribution >= 4 is 0 Å². The first-order chi connectivity index (χ1) is 13.3. The maximum atomic E-state index is 9.15. The van der Waals surface area contributed by atoms with Crippen LogP contribution in [0.25, 0.3) is 11.1 Å². The topological polar surface area (TPSA) is 40.5 Å². The Morgan fingerprint density at radius 3 is 1.48 bits per heavy atom. The van der Waals surface area contributed by atoms with Gasteiger partial charge in [0.15, 0.2) is 0 Å². The lowest BCUT2D eigenvalue weighted by Gasteiger charge is -2.10. The average molecular weight is 360 g/mol. The molecule has 3 aromatic rings. The van der Waals surface area contributed by atoms with Crippen molar-refractivity contribution in [3.05, 3.63) is 95.6 Å². The maximum Gasteiger partial charge on any atom is 0.0481 e. The summed E-state index contributed by atoms with van der Waals surface area (Å²) in [6, 6.07) is 28.0. The van der Waals surface area contributed by atoms with E-state index >= 15 is 0 Å². The molecule has 0 aromatic heterocycles. The summed E-state index contributed by atoms with van der Waals surface area (Å²) in [5.41, 5.74) is 6.47. The van der Waals surface area contributed by atoms with Gasteiger partial charge >= 0.3 is 0 Å². The van der Waals surface area contributed by atoms with Crippen LogP contribution in [-0.4, -0.2) is 23.4 Å². The van der Waals surface area contributed by atoms with Gasteiger partial charge in [-0.25, -0.2) is 0 Å². The van der Waals surface area contributed by atoms with Crippen molar-refractivity contribution in [2.75, 3.05) is 13.2 Å². The van der Waals surface area contributed by atoms with E-state index in [9.17, 15) is 0 Å². The van der Waals surface area contributed by atoms with Crippen molar-refractivity contribution in [2.24, 2.45) is 5.92 Å². The summed E-state index contributed by atoms with van der Waals surface area (Å²) in [6.45, 7) is 0.106. The van der Waals surface area contributed by atoms with Gasteiger partial charge in [-0.15, -0.1) is 0 Å². The molecule has 0 aliphatic rings. The van der Waals surface area contributed by atoms with E-state index in [4.69, 9.17) is 10.2 Å². The Bertz CT molecular complexity index is 788. The first-order valence-corrected chi connectivity index (χ1v) is 9.72. The molecule has 0 saturated heterocycles. The molecule has 3 aromatic carbocycles. The van der Waals surface area contributed by atoms with Gasteiger partial charge in [0.1, 0.15) is 0 Å². The SMILES string of the molecule is OCC(CO)CCc1ccc(CCc2ccc(-c3ccccc3)cc2)cc1. The van der Waals surface area contributed by atoms with E-state index in [1.807, 2.05) is 6.07 Å². The monoisotopic (exact) mass is 360 g/mol. The maximum absolute atomic E-state index is 9.15. The summed E-state index contributed by atoms with van der Waals surface area (Å²) in [7, 11) is 0. The standard InChI is InChI=1S/C25H28O2/c26-18-23(19-27)13-12-21-8-6-20(7-9-21)10-11-22-14-16-25(17-15-22)24-4-2-1-3-5-24/h1-9,14-17,23,26-27H,10-13,18-19H2. The summed E-state index contributed by atoms with van der Waals surface area (Å²) < 4.78 is 0. The first kappa shape index (κ1) is 19.3. The molecule has 0 saturated carbocycles. The van der Waals surface area contributed by atoms with Crippen molar-refractivity contribution in [1.29, 1.82) is 0 Å². The van der Waals surface area contributed by atoms with Crippen molar-refractivity contribution < 1.29 is 10.2 Å². The minimum atomic E-state index is -0.0106. The smallest absolute Gasteiger partial charge is 0.0481 e. The molecule has 2 N–H and O–H groups in total. The first-order valence-electron chi connectivity index (χ1n) is 9.72. The summed E-state index contributed by atoms with van der Waals surface area (Å²) in [4.78, 5) is 0. The molecule has 0 spiro atoms. The fourth-order valence-electron chi connectivity index (χ4n) is 3.27. The Hall–Kier alpha value is -2.42. The van der Waals surface area contributed by atoms with Crippen LogP contribution in [0.4, 0.5) is 0 Å². The van der Waals surface area contributed by atoms with E-state index in [0.29, 0.717) is 0 Å². The highest BCUT2D eigenvalue weighted by Crippen LogP contribution is 2.20. The van der Waals surface area contributed by atoms with Crippen LogP contribution in [0.15, 0.2) is 78.9 Å². The molecule has 0 amide bonds. The molecular formula is C25H28O2. The Morgan fingerprint density at radius 1 is 0.519 bits per heavy atom. The van der Waals surface area contributed by atoms with Crippen molar-refractivity contribution in [3.63, 3.8) is 0 Å². The molecule has 0 unspecified atom stereocenters. The third-order valence-electron chi connectivity index (χ3n) is 5.14. The summed E-state index contributed by atoms with van der Waals surface area (Å²) in [6.07, 6.45) is 3.78. The number of hydrogen-bond donors (Lipinski definition) is 2. The van der Waals surface area contributed by atoms with E-state index in [-0.39, 0.29) is 19.1 Å². The van der Waals surface area contributed by atoms with Gasteiger partial charge in [0, 0.05) is 19.1 Å². The van der Waals surface area contributed by atoms with Gasteiger partial charge in [-0.1, -0.05) is 78.9 Å². The minimum Gasteiger partial charge on any atom is -0.396 e. The third kappa shape index (κ3) is 5.78. The Labute approximate surface area is 162 Å². The Kier molecular flexibility index (Phi) is 7.20. The quantitative estimate of drug-likeness (QED) is 0.582. The van der Waals surface area contributed by atoms with Gasteiger partial charge in [-0.05, 0) is 53.5 Å². The van der Waals surface area contributed by atoms with Crippen molar-refractivity contribution in [3.8, 4) is 11.1 Å². The summed E-state index contributed by atoms with van der Waals surface area (Å²) >= 11 is 0. The number of aliphatic hydroxyl groups excluding tert-OH is 2. The number of aryl methyl sites for hydroxylation is 3. The number of hydrogen-bond acceptors (Lipinski definition) is 2. The molecule has 140 valence electrons. The molecule has 0 heterocycles. The zero-order valence-electron chi connectivity index (χ0n) is 15.7. The van der Waals surface area contributed by atoms with E-state index < -0.39 is 0 Å². The summed E-state index contributed by atoms with van der Waals surface area (Å²) in [5, 5.41) is 18.3. The van der Waals surface area contributed by atoms with Crippen LogP contribution in [0, 0.1) is 5.92 Å². The van der Waals surface area contributed by atoms with Crippen LogP contribution in [0.1, 0.15) is 23.1 Å². The van der Waals surface area contributed by atoms with Crippen LogP contribution >= 0.6 is 0 Å². The van der Waals surface area contributed by atoms with E-state index in [1.54, 1.807) is 0 Å². The van der Waals surface area contributed by atoms with Crippen LogP contribution in [0.3, 0.4) is 0 Å². The van der Waals surface area contributed by atoms with Gasteiger partial charge in [0.2, 0.25) is 0 Å². The average Bonchev–Trinajstić information content (AvgIpc) is 2.75. The highest BCUT2D eigenvalue weighted by atomic mass is 16.3. The third-order valence-corrected chi connectivity index (χ3v) is 5.14. The Morgan fingerprint density at radius 2 is 0.963 bits per heavy atom. The zero-order valence-corrected chi connectivity index (χ0v) is 15.7. The number of aliphatic hydroxyl groups is 2. The van der Waals surface area contributed by atoms with Gasteiger partial charge in [0.05, 0.1) is 0 Å². The van der Waals surface area contributed by atoms with Crippen molar-refractivity contribution in [1.82, 2.24) is 0 Å². The van der Waals surface area contributed by atoms with Crippen molar-refractivity contribution in [2.45, 2.75) is 25.7 Å². The normalized spacial score (nSPS) is 11.1. The van der Waals surface area contributed by atoms with Gasteiger partial charge in [-0.2, -0.15) is 0 Å². The second-order valence-corrected chi connectivity index (χ2v) is 7.15. The molecule has 2 heteroatoms. The number of rotatable bonds is 9. The second-order valence-electron chi connectivity index (χ2n) is 7.15. The van der Waals surface area contributed by atoms with Gasteiger partial charge in [0.25, 0.3) is 0 Å². The molecule has 0 aliphatic carbocycles. The Balaban J connectivity index is 1.51. The van der Waals surface area contributed by atoms with Crippen LogP contribution < -0.4 is 0 Å². The van der Waals surface area contributed by atoms with Crippen LogP contribution in [0.2, 0.25) is 0 Å². The zero-order chi connectivity index (χ0) is 18.9. The summed E-state index contributed by atoms with van der Waals surface area (Å²) in [5.74, 6) is -0.0106. The lowest BCUT2D eigenvalue weighted by atomic mass is 9.98. The highest BCUT2D eigenvalue weighted by molar-refractivity contribution is 5.63. The molecule has 0 radical (unpaired) electrons. The molecule has 0 aliphatic heterocycles. The minimum absolute atomic E-state index is 0.0106. The lowest BCUT2D eigenvalue weighted by Crippen LogP contribution is -2.11. The predicted molar refractivity (Wildman–Crippen MR) is 112 cm³/mol. The molecular weight excluding hydrogens is 332 g/mol. The lowest BCUT2D eigenvalue weighted by molar-refractivity contribution is 0.144. The molecule has 27 heavy (non-hydrogen) atoms.